The topological polar surface area (TPSA) is 240 Å². The summed E-state index contributed by atoms with van der Waals surface area (Å²) in [5.74, 6) is -19.6. The van der Waals surface area contributed by atoms with Gasteiger partial charge < -0.3 is 44.7 Å². The molecule has 0 aromatic heterocycles. The van der Waals surface area contributed by atoms with Crippen LogP contribution < -0.4 is 5.73 Å². The lowest BCUT2D eigenvalue weighted by Crippen LogP contribution is -2.58. The van der Waals surface area contributed by atoms with Gasteiger partial charge in [-0.15, -0.1) is 0 Å². The fraction of sp³-hybridized carbons (Fsp3) is 0.400. The molecule has 4 atom stereocenters. The molecule has 2 aromatic carbocycles. The highest BCUT2D eigenvalue weighted by atomic mass is 19.2. The number of hydrogen-bond donors (Lipinski definition) is 4. The number of non-ortho nitro benzene ring substituents is 1. The van der Waals surface area contributed by atoms with Gasteiger partial charge in [0.2, 0.25) is 5.82 Å². The van der Waals surface area contributed by atoms with E-state index in [4.69, 9.17) is 29.4 Å². The van der Waals surface area contributed by atoms with Crippen molar-refractivity contribution in [3.8, 4) is 0 Å². The maximum atomic E-state index is 15.9. The highest BCUT2D eigenvalue weighted by Crippen LogP contribution is 2.48. The Kier molecular flexibility index (Phi) is 13.8. The Labute approximate surface area is 284 Å². The largest absolute Gasteiger partial charge is 0.479 e. The van der Waals surface area contributed by atoms with Crippen LogP contribution in [-0.4, -0.2) is 102 Å². The molecule has 51 heavy (non-hydrogen) atoms. The number of rotatable bonds is 18. The van der Waals surface area contributed by atoms with Crippen LogP contribution in [0.2, 0.25) is 0 Å². The van der Waals surface area contributed by atoms with E-state index in [1.54, 1.807) is 0 Å². The summed E-state index contributed by atoms with van der Waals surface area (Å²) in [5.41, 5.74) is -3.15. The molecule has 21 heteroatoms. The van der Waals surface area contributed by atoms with Gasteiger partial charge >= 0.3 is 17.9 Å². The van der Waals surface area contributed by atoms with Crippen molar-refractivity contribution < 1.29 is 80.3 Å². The van der Waals surface area contributed by atoms with E-state index >= 15 is 8.78 Å². The van der Waals surface area contributed by atoms with E-state index in [1.165, 1.54) is 0 Å². The number of hydrogen-bond acceptors (Lipinski definition) is 13. The maximum Gasteiger partial charge on any atom is 0.339 e. The van der Waals surface area contributed by atoms with E-state index in [1.807, 2.05) is 0 Å². The average molecular weight is 736 g/mol. The molecule has 4 unspecified atom stereocenters. The Balaban J connectivity index is 2.41. The van der Waals surface area contributed by atoms with E-state index < -0.39 is 112 Å². The number of halogens is 5. The number of carboxylic acids is 2. The highest BCUT2D eigenvalue weighted by Gasteiger charge is 2.60. The number of aliphatic hydroxyl groups excluding tert-OH is 1. The molecular weight excluding hydrogens is 705 g/mol. The molecular formula is C30H30F5N3O13. The second-order valence-corrected chi connectivity index (χ2v) is 10.5. The summed E-state index contributed by atoms with van der Waals surface area (Å²) in [5, 5.41) is 40.7. The predicted molar refractivity (Wildman–Crippen MR) is 159 cm³/mol. The molecule has 0 fully saturated rings. The first-order valence-electron chi connectivity index (χ1n) is 14.5. The summed E-state index contributed by atoms with van der Waals surface area (Å²) >= 11 is 0. The summed E-state index contributed by atoms with van der Waals surface area (Å²) in [6.07, 6.45) is -8.49. The number of carbonyl (C=O) groups is 3. The third-order valence-corrected chi connectivity index (χ3v) is 7.23. The minimum Gasteiger partial charge on any atom is -0.479 e. The second kappa shape index (κ2) is 17.3. The van der Waals surface area contributed by atoms with Crippen molar-refractivity contribution in [1.82, 2.24) is 0 Å². The lowest BCUT2D eigenvalue weighted by molar-refractivity contribution is -0.384. The Morgan fingerprint density at radius 1 is 0.941 bits per heavy atom. The number of esters is 1. The van der Waals surface area contributed by atoms with Crippen LogP contribution in [0.15, 0.2) is 40.5 Å². The molecule has 16 nitrogen and oxygen atoms in total. The van der Waals surface area contributed by atoms with Crippen LogP contribution in [0, 0.1) is 39.2 Å². The van der Waals surface area contributed by atoms with Gasteiger partial charge in [-0.1, -0.05) is 0 Å². The number of methoxy groups -OCH3 is 1. The fourth-order valence-electron chi connectivity index (χ4n) is 5.03. The predicted octanol–water partition coefficient (Wildman–Crippen LogP) is 1.88. The van der Waals surface area contributed by atoms with Gasteiger partial charge in [0.1, 0.15) is 18.3 Å². The molecule has 0 saturated carbocycles. The Morgan fingerprint density at radius 3 is 2.02 bits per heavy atom. The molecule has 0 amide bonds. The average Bonchev–Trinajstić information content (AvgIpc) is 3.09. The first-order valence-corrected chi connectivity index (χ1v) is 14.5. The number of aliphatic carboxylic acids is 2. The number of carbonyl (C=O) groups excluding carboxylic acids is 1. The quantitative estimate of drug-likeness (QED) is 0.0325. The van der Waals surface area contributed by atoms with E-state index in [-0.39, 0.29) is 37.6 Å². The van der Waals surface area contributed by atoms with Crippen LogP contribution in [-0.2, 0) is 50.3 Å². The zero-order chi connectivity index (χ0) is 38.2. The van der Waals surface area contributed by atoms with E-state index in [0.717, 1.165) is 38.3 Å². The number of carboxylic acid groups (broad SMARTS) is 2. The van der Waals surface area contributed by atoms with Crippen molar-refractivity contribution in [1.29, 1.82) is 0 Å². The number of aliphatic imine (C=N–C) groups is 1. The smallest absolute Gasteiger partial charge is 0.339 e. The van der Waals surface area contributed by atoms with Crippen molar-refractivity contribution in [2.24, 2.45) is 10.7 Å². The van der Waals surface area contributed by atoms with Gasteiger partial charge in [-0.2, -0.15) is 0 Å². The van der Waals surface area contributed by atoms with Crippen LogP contribution in [0.5, 0.6) is 0 Å². The molecule has 0 aliphatic carbocycles. The van der Waals surface area contributed by atoms with Crippen molar-refractivity contribution in [3.05, 3.63) is 85.9 Å². The normalized spacial score (nSPS) is 18.6. The minimum absolute atomic E-state index is 0.0654. The van der Waals surface area contributed by atoms with Crippen LogP contribution >= 0.6 is 0 Å². The SMILES string of the molecule is COC1C(C)=NC(COCCOCCN)=C(C(=O)OCc2ccc([N+](=O)[O-])cc2)C1(OC(C(=O)O)C(O)C(=O)O)c1c(F)c(F)c(F)c(F)c1F. The number of benzene rings is 2. The first-order chi connectivity index (χ1) is 24.0. The van der Waals surface area contributed by atoms with Crippen molar-refractivity contribution >= 4 is 29.3 Å². The van der Waals surface area contributed by atoms with E-state index in [9.17, 15) is 53.0 Å². The third-order valence-electron chi connectivity index (χ3n) is 7.23. The standard InChI is InChI=1S/C30H30F5N3O13/c1-13-26(47-2)30(51-25(28(42)43)24(39)27(40)41,18-19(31)21(33)23(35)22(34)20(18)32)17(16(37-13)12-49-10-9-48-8-7-36)29(44)50-11-14-3-5-15(6-4-14)38(45)46/h3-6,24-26,39H,7-12,36H2,1-2H3,(H,40,41)(H,42,43). The highest BCUT2D eigenvalue weighted by molar-refractivity contribution is 6.00. The molecule has 1 aliphatic rings. The number of nitro groups is 1. The molecule has 0 radical (unpaired) electrons. The van der Waals surface area contributed by atoms with Gasteiger partial charge in [0.15, 0.2) is 41.1 Å². The van der Waals surface area contributed by atoms with Gasteiger partial charge in [-0.3, -0.25) is 15.1 Å². The van der Waals surface area contributed by atoms with Gasteiger partial charge in [-0.25, -0.2) is 36.3 Å². The maximum absolute atomic E-state index is 15.9. The monoisotopic (exact) mass is 735 g/mol. The summed E-state index contributed by atoms with van der Waals surface area (Å²) in [4.78, 5) is 52.6. The van der Waals surface area contributed by atoms with Crippen LogP contribution in [0.25, 0.3) is 0 Å². The zero-order valence-electron chi connectivity index (χ0n) is 26.6. The number of nitro benzene ring substituents is 1. The van der Waals surface area contributed by atoms with Crippen LogP contribution in [0.1, 0.15) is 18.1 Å². The molecule has 1 heterocycles. The molecule has 2 aromatic rings. The number of ether oxygens (including phenoxy) is 5. The van der Waals surface area contributed by atoms with E-state index in [0.29, 0.717) is 0 Å². The fourth-order valence-corrected chi connectivity index (χ4v) is 5.03. The molecule has 0 spiro atoms. The van der Waals surface area contributed by atoms with Gasteiger partial charge in [0.05, 0.1) is 42.6 Å². The first kappa shape index (κ1) is 40.5. The van der Waals surface area contributed by atoms with Gasteiger partial charge in [0.25, 0.3) is 5.69 Å². The summed E-state index contributed by atoms with van der Waals surface area (Å²) in [7, 11) is 0.785. The molecule has 0 saturated heterocycles. The Bertz CT molecular complexity index is 1690. The van der Waals surface area contributed by atoms with Gasteiger partial charge in [0, 0.05) is 31.5 Å². The lowest BCUT2D eigenvalue weighted by atomic mass is 9.75. The van der Waals surface area contributed by atoms with Crippen molar-refractivity contribution in [3.63, 3.8) is 0 Å². The van der Waals surface area contributed by atoms with Gasteiger partial charge in [-0.05, 0) is 24.6 Å². The summed E-state index contributed by atoms with van der Waals surface area (Å²) < 4.78 is 103. The van der Waals surface area contributed by atoms with Crippen molar-refractivity contribution in [2.75, 3.05) is 40.1 Å². The van der Waals surface area contributed by atoms with Crippen LogP contribution in [0.4, 0.5) is 27.6 Å². The minimum atomic E-state index is -3.69. The summed E-state index contributed by atoms with van der Waals surface area (Å²) in [6, 6.07) is 4.33. The van der Waals surface area contributed by atoms with E-state index in [2.05, 4.69) is 4.99 Å². The molecule has 5 N–H and O–H groups in total. The van der Waals surface area contributed by atoms with Crippen molar-refractivity contribution in [2.45, 2.75) is 37.4 Å². The molecule has 278 valence electrons. The molecule has 1 aliphatic heterocycles. The Morgan fingerprint density at radius 2 is 1.51 bits per heavy atom. The Hall–Kier alpha value is -4.93. The molecule has 0 bridgehead atoms. The van der Waals surface area contributed by atoms with Crippen LogP contribution in [0.3, 0.4) is 0 Å². The number of nitrogens with zero attached hydrogens (tertiary/aromatic N) is 2. The summed E-state index contributed by atoms with van der Waals surface area (Å²) in [6.45, 7) is -0.728. The lowest BCUT2D eigenvalue weighted by Gasteiger charge is -2.45. The third kappa shape index (κ3) is 8.52. The second-order valence-electron chi connectivity index (χ2n) is 10.5. The zero-order valence-corrected chi connectivity index (χ0v) is 26.6. The number of aliphatic hydroxyl groups is 1. The number of nitrogens with two attached hydrogens (primary N) is 1. The molecule has 3 rings (SSSR count).